The average Bonchev–Trinajstić information content (AvgIpc) is 2.17. The van der Waals surface area contributed by atoms with Crippen molar-refractivity contribution in [2.24, 2.45) is 11.8 Å². The number of hydrogen-bond acceptors (Lipinski definition) is 3. The standard InChI is InChI=1S/C10H18N2O2/c1-11(2)9(13)6-12-4-7-3-8(5-12)10(7)14/h7-8,10,14H,3-6H2,1-2H3/t7-,8+,10?. The number of carbonyl (C=O) groups excluding carboxylic acids is 1. The lowest BCUT2D eigenvalue weighted by Gasteiger charge is -2.51. The second kappa shape index (κ2) is 3.51. The molecule has 1 saturated carbocycles. The molecule has 3 fully saturated rings. The van der Waals surface area contributed by atoms with Crippen LogP contribution in [-0.2, 0) is 4.79 Å². The largest absolute Gasteiger partial charge is 0.392 e. The van der Waals surface area contributed by atoms with Crippen molar-refractivity contribution in [3.8, 4) is 0 Å². The lowest BCUT2D eigenvalue weighted by atomic mass is 9.68. The first kappa shape index (κ1) is 9.93. The number of piperidine rings is 2. The fraction of sp³-hybridized carbons (Fsp3) is 0.900. The van der Waals surface area contributed by atoms with Gasteiger partial charge in [0.1, 0.15) is 0 Å². The first-order valence-corrected chi connectivity index (χ1v) is 5.18. The Bertz CT molecular complexity index is 230. The van der Waals surface area contributed by atoms with Gasteiger partial charge in [-0.15, -0.1) is 0 Å². The number of amides is 1. The highest BCUT2D eigenvalue weighted by molar-refractivity contribution is 5.77. The number of likely N-dealkylation sites (N-methyl/N-ethyl adjacent to an activating group) is 1. The number of fused-ring (bicyclic) bond motifs is 2. The number of hydrogen-bond donors (Lipinski definition) is 1. The molecule has 4 heteroatoms. The van der Waals surface area contributed by atoms with E-state index in [1.54, 1.807) is 19.0 Å². The van der Waals surface area contributed by atoms with E-state index >= 15 is 0 Å². The summed E-state index contributed by atoms with van der Waals surface area (Å²) in [5.74, 6) is 0.994. The van der Waals surface area contributed by atoms with Gasteiger partial charge in [0.2, 0.25) is 5.91 Å². The molecule has 1 amide bonds. The third-order valence-corrected chi connectivity index (χ3v) is 3.41. The summed E-state index contributed by atoms with van der Waals surface area (Å²) in [4.78, 5) is 15.2. The highest BCUT2D eigenvalue weighted by atomic mass is 16.3. The van der Waals surface area contributed by atoms with Crippen LogP contribution in [0.25, 0.3) is 0 Å². The molecule has 0 aromatic heterocycles. The summed E-state index contributed by atoms with van der Waals surface area (Å²) in [6.07, 6.45) is 1.05. The van der Waals surface area contributed by atoms with Crippen LogP contribution in [0.15, 0.2) is 0 Å². The molecule has 0 radical (unpaired) electrons. The normalized spacial score (nSPS) is 36.4. The average molecular weight is 198 g/mol. The molecular weight excluding hydrogens is 180 g/mol. The van der Waals surface area contributed by atoms with Gasteiger partial charge >= 0.3 is 0 Å². The van der Waals surface area contributed by atoms with Crippen molar-refractivity contribution in [3.05, 3.63) is 0 Å². The highest BCUT2D eigenvalue weighted by Gasteiger charge is 2.45. The van der Waals surface area contributed by atoms with Gasteiger partial charge in [0.05, 0.1) is 12.6 Å². The van der Waals surface area contributed by atoms with Crippen LogP contribution >= 0.6 is 0 Å². The maximum atomic E-state index is 11.4. The Labute approximate surface area is 84.5 Å². The van der Waals surface area contributed by atoms with Crippen molar-refractivity contribution in [3.63, 3.8) is 0 Å². The molecule has 1 unspecified atom stereocenters. The lowest BCUT2D eigenvalue weighted by Crippen LogP contribution is -2.59. The van der Waals surface area contributed by atoms with E-state index in [-0.39, 0.29) is 12.0 Å². The van der Waals surface area contributed by atoms with E-state index in [9.17, 15) is 9.90 Å². The minimum absolute atomic E-state index is 0.0966. The zero-order chi connectivity index (χ0) is 10.3. The summed E-state index contributed by atoms with van der Waals surface area (Å²) in [5.41, 5.74) is 0. The molecule has 3 atom stereocenters. The molecular formula is C10H18N2O2. The van der Waals surface area contributed by atoms with Crippen LogP contribution in [0.5, 0.6) is 0 Å². The maximum absolute atomic E-state index is 11.4. The van der Waals surface area contributed by atoms with Crippen molar-refractivity contribution in [2.75, 3.05) is 33.7 Å². The first-order valence-electron chi connectivity index (χ1n) is 5.18. The van der Waals surface area contributed by atoms with Crippen LogP contribution in [0.2, 0.25) is 0 Å². The Morgan fingerprint density at radius 2 is 2.00 bits per heavy atom. The van der Waals surface area contributed by atoms with Gasteiger partial charge in [-0.25, -0.2) is 0 Å². The van der Waals surface area contributed by atoms with Gasteiger partial charge in [0.25, 0.3) is 0 Å². The van der Waals surface area contributed by atoms with Crippen LogP contribution in [0, 0.1) is 11.8 Å². The fourth-order valence-electron chi connectivity index (χ4n) is 2.42. The van der Waals surface area contributed by atoms with Crippen molar-refractivity contribution in [1.82, 2.24) is 9.80 Å². The minimum atomic E-state index is -0.0966. The second-order valence-corrected chi connectivity index (χ2v) is 4.73. The topological polar surface area (TPSA) is 43.8 Å². The van der Waals surface area contributed by atoms with Gasteiger partial charge < -0.3 is 10.0 Å². The summed E-state index contributed by atoms with van der Waals surface area (Å²) in [6, 6.07) is 0. The molecule has 2 aliphatic heterocycles. The molecule has 0 aromatic rings. The van der Waals surface area contributed by atoms with Crippen molar-refractivity contribution >= 4 is 5.91 Å². The number of aliphatic hydroxyl groups is 1. The van der Waals surface area contributed by atoms with E-state index in [1.807, 2.05) is 0 Å². The van der Waals surface area contributed by atoms with Crippen molar-refractivity contribution in [2.45, 2.75) is 12.5 Å². The van der Waals surface area contributed by atoms with E-state index in [0.29, 0.717) is 18.4 Å². The van der Waals surface area contributed by atoms with Crippen molar-refractivity contribution < 1.29 is 9.90 Å². The molecule has 4 nitrogen and oxygen atoms in total. The minimum Gasteiger partial charge on any atom is -0.392 e. The summed E-state index contributed by atoms with van der Waals surface area (Å²) in [7, 11) is 3.56. The SMILES string of the molecule is CN(C)C(=O)CN1C[C@H]2C[C@@H](C1)C2O. The third kappa shape index (κ3) is 1.64. The van der Waals surface area contributed by atoms with Gasteiger partial charge in [-0.3, -0.25) is 9.69 Å². The van der Waals surface area contributed by atoms with Gasteiger partial charge in [-0.2, -0.15) is 0 Å². The Balaban J connectivity index is 1.82. The molecule has 3 rings (SSSR count). The summed E-state index contributed by atoms with van der Waals surface area (Å²) in [5, 5.41) is 9.57. The van der Waals surface area contributed by atoms with Gasteiger partial charge in [0, 0.05) is 27.2 Å². The maximum Gasteiger partial charge on any atom is 0.236 e. The van der Waals surface area contributed by atoms with Crippen molar-refractivity contribution in [1.29, 1.82) is 0 Å². The van der Waals surface area contributed by atoms with Gasteiger partial charge in [-0.1, -0.05) is 0 Å². The van der Waals surface area contributed by atoms with E-state index in [0.717, 1.165) is 19.5 Å². The van der Waals surface area contributed by atoms with Crippen LogP contribution in [-0.4, -0.2) is 60.6 Å². The number of carbonyl (C=O) groups is 1. The smallest absolute Gasteiger partial charge is 0.236 e. The van der Waals surface area contributed by atoms with Crippen LogP contribution in [0.4, 0.5) is 0 Å². The fourth-order valence-corrected chi connectivity index (χ4v) is 2.42. The van der Waals surface area contributed by atoms with E-state index in [4.69, 9.17) is 0 Å². The molecule has 2 heterocycles. The summed E-state index contributed by atoms with van der Waals surface area (Å²) < 4.78 is 0. The highest BCUT2D eigenvalue weighted by Crippen LogP contribution is 2.39. The molecule has 14 heavy (non-hydrogen) atoms. The lowest BCUT2D eigenvalue weighted by molar-refractivity contribution is -0.138. The number of rotatable bonds is 2. The molecule has 3 aliphatic rings. The molecule has 0 aromatic carbocycles. The molecule has 0 spiro atoms. The quantitative estimate of drug-likeness (QED) is 0.643. The Morgan fingerprint density at radius 3 is 2.43 bits per heavy atom. The first-order chi connectivity index (χ1) is 6.58. The molecule has 1 N–H and O–H groups in total. The predicted molar refractivity (Wildman–Crippen MR) is 52.7 cm³/mol. The molecule has 2 saturated heterocycles. The van der Waals surface area contributed by atoms with Gasteiger partial charge in [0.15, 0.2) is 0 Å². The predicted octanol–water partition coefficient (Wildman–Crippen LogP) is -0.613. The Morgan fingerprint density at radius 1 is 1.43 bits per heavy atom. The molecule has 1 aliphatic carbocycles. The third-order valence-electron chi connectivity index (χ3n) is 3.41. The van der Waals surface area contributed by atoms with E-state index in [1.165, 1.54) is 0 Å². The van der Waals surface area contributed by atoms with Crippen LogP contribution < -0.4 is 0 Å². The van der Waals surface area contributed by atoms with Crippen LogP contribution in [0.1, 0.15) is 6.42 Å². The Kier molecular flexibility index (Phi) is 2.49. The molecule has 2 bridgehead atoms. The Hall–Kier alpha value is -0.610. The van der Waals surface area contributed by atoms with Gasteiger partial charge in [-0.05, 0) is 18.3 Å². The van der Waals surface area contributed by atoms with E-state index < -0.39 is 0 Å². The number of aliphatic hydroxyl groups excluding tert-OH is 1. The number of nitrogens with zero attached hydrogens (tertiary/aromatic N) is 2. The second-order valence-electron chi connectivity index (χ2n) is 4.73. The molecule has 80 valence electrons. The van der Waals surface area contributed by atoms with Crippen LogP contribution in [0.3, 0.4) is 0 Å². The summed E-state index contributed by atoms with van der Waals surface area (Å²) in [6.45, 7) is 2.28. The van der Waals surface area contributed by atoms with E-state index in [2.05, 4.69) is 4.90 Å². The zero-order valence-electron chi connectivity index (χ0n) is 8.81. The monoisotopic (exact) mass is 198 g/mol. The zero-order valence-corrected chi connectivity index (χ0v) is 8.81. The summed E-state index contributed by atoms with van der Waals surface area (Å²) >= 11 is 0.